The smallest absolute Gasteiger partial charge is 0.0690 e. The lowest BCUT2D eigenvalue weighted by atomic mass is 9.73. The molecule has 0 aliphatic heterocycles. The van der Waals surface area contributed by atoms with Gasteiger partial charge in [0.1, 0.15) is 0 Å². The van der Waals surface area contributed by atoms with Crippen LogP contribution in [0, 0.1) is 22.7 Å². The van der Waals surface area contributed by atoms with Crippen molar-refractivity contribution in [3.05, 3.63) is 0 Å². The summed E-state index contributed by atoms with van der Waals surface area (Å²) in [6.45, 7) is 6.03. The van der Waals surface area contributed by atoms with Crippen molar-refractivity contribution in [2.45, 2.75) is 58.8 Å². The molecule has 0 saturated heterocycles. The summed E-state index contributed by atoms with van der Waals surface area (Å²) < 4.78 is 5.62. The van der Waals surface area contributed by atoms with E-state index in [2.05, 4.69) is 19.9 Å². The second-order valence-electron chi connectivity index (χ2n) is 5.50. The Balaban J connectivity index is 2.16. The van der Waals surface area contributed by atoms with E-state index in [0.717, 1.165) is 38.9 Å². The highest BCUT2D eigenvalue weighted by atomic mass is 16.5. The first kappa shape index (κ1) is 13.5. The highest BCUT2D eigenvalue weighted by Crippen LogP contribution is 2.38. The van der Waals surface area contributed by atoms with Crippen LogP contribution in [0.5, 0.6) is 0 Å². The van der Waals surface area contributed by atoms with Crippen LogP contribution < -0.4 is 0 Å². The van der Waals surface area contributed by atoms with Crippen molar-refractivity contribution in [1.82, 2.24) is 0 Å². The summed E-state index contributed by atoms with van der Waals surface area (Å²) in [6.07, 6.45) is 7.96. The van der Waals surface area contributed by atoms with Gasteiger partial charge in [-0.15, -0.1) is 0 Å². The molecule has 0 aromatic carbocycles. The van der Waals surface area contributed by atoms with E-state index in [1.165, 1.54) is 19.3 Å². The fourth-order valence-electron chi connectivity index (χ4n) is 2.33. The Morgan fingerprint density at radius 3 is 2.44 bits per heavy atom. The number of rotatable bonds is 6. The van der Waals surface area contributed by atoms with Crippen LogP contribution in [0.15, 0.2) is 0 Å². The van der Waals surface area contributed by atoms with Crippen molar-refractivity contribution in [3.63, 3.8) is 0 Å². The van der Waals surface area contributed by atoms with E-state index in [0.29, 0.717) is 5.92 Å². The van der Waals surface area contributed by atoms with Crippen LogP contribution in [0.25, 0.3) is 0 Å². The zero-order chi connectivity index (χ0) is 11.9. The topological polar surface area (TPSA) is 33.0 Å². The molecule has 0 aromatic heterocycles. The molecule has 0 unspecified atom stereocenters. The summed E-state index contributed by atoms with van der Waals surface area (Å²) in [5, 5.41) is 9.28. The molecule has 0 aromatic rings. The van der Waals surface area contributed by atoms with Gasteiger partial charge in [-0.25, -0.2) is 0 Å². The Kier molecular flexibility index (Phi) is 5.84. The largest absolute Gasteiger partial charge is 0.381 e. The molecular weight excluding hydrogens is 198 g/mol. The molecule has 1 rings (SSSR count). The van der Waals surface area contributed by atoms with Gasteiger partial charge in [-0.3, -0.25) is 0 Å². The van der Waals surface area contributed by atoms with Crippen molar-refractivity contribution >= 4 is 0 Å². The van der Waals surface area contributed by atoms with Gasteiger partial charge >= 0.3 is 0 Å². The monoisotopic (exact) mass is 223 g/mol. The van der Waals surface area contributed by atoms with E-state index in [-0.39, 0.29) is 5.41 Å². The van der Waals surface area contributed by atoms with Crippen LogP contribution in [0.4, 0.5) is 0 Å². The lowest BCUT2D eigenvalue weighted by Crippen LogP contribution is -2.24. The molecule has 92 valence electrons. The van der Waals surface area contributed by atoms with Gasteiger partial charge in [0.2, 0.25) is 0 Å². The van der Waals surface area contributed by atoms with Crippen molar-refractivity contribution in [3.8, 4) is 6.07 Å². The van der Waals surface area contributed by atoms with Gasteiger partial charge in [0.15, 0.2) is 0 Å². The lowest BCUT2D eigenvalue weighted by molar-refractivity contribution is 0.0896. The van der Waals surface area contributed by atoms with Gasteiger partial charge < -0.3 is 4.74 Å². The number of nitrogens with zero attached hydrogens (tertiary/aromatic N) is 1. The van der Waals surface area contributed by atoms with Gasteiger partial charge in [0, 0.05) is 13.2 Å². The number of hydrogen-bond acceptors (Lipinski definition) is 2. The van der Waals surface area contributed by atoms with Crippen molar-refractivity contribution in [2.75, 3.05) is 13.2 Å². The third kappa shape index (κ3) is 4.53. The summed E-state index contributed by atoms with van der Waals surface area (Å²) in [5.74, 6) is 0.708. The quantitative estimate of drug-likeness (QED) is 0.639. The van der Waals surface area contributed by atoms with Crippen LogP contribution in [0.1, 0.15) is 58.8 Å². The molecule has 0 radical (unpaired) electrons. The molecule has 0 N–H and O–H groups in total. The molecule has 0 spiro atoms. The van der Waals surface area contributed by atoms with E-state index in [9.17, 15) is 5.26 Å². The fraction of sp³-hybridized carbons (Fsp3) is 0.929. The molecule has 0 bridgehead atoms. The first-order valence-electron chi connectivity index (χ1n) is 6.67. The Labute approximate surface area is 100.0 Å². The van der Waals surface area contributed by atoms with E-state index in [1.807, 2.05) is 0 Å². The third-order valence-electron chi connectivity index (χ3n) is 3.61. The lowest BCUT2D eigenvalue weighted by Gasteiger charge is -2.30. The van der Waals surface area contributed by atoms with E-state index < -0.39 is 0 Å². The summed E-state index contributed by atoms with van der Waals surface area (Å²) >= 11 is 0. The molecule has 1 aliphatic rings. The molecule has 0 atom stereocenters. The highest BCUT2D eigenvalue weighted by molar-refractivity contribution is 5.00. The van der Waals surface area contributed by atoms with Crippen molar-refractivity contribution in [2.24, 2.45) is 11.3 Å². The maximum atomic E-state index is 9.28. The summed E-state index contributed by atoms with van der Waals surface area (Å²) in [5.41, 5.74) is -0.0594. The first-order chi connectivity index (χ1) is 7.68. The van der Waals surface area contributed by atoms with Crippen LogP contribution in [0.3, 0.4) is 0 Å². The van der Waals surface area contributed by atoms with E-state index >= 15 is 0 Å². The third-order valence-corrected chi connectivity index (χ3v) is 3.61. The predicted molar refractivity (Wildman–Crippen MR) is 66.0 cm³/mol. The van der Waals surface area contributed by atoms with Gasteiger partial charge in [-0.1, -0.05) is 33.1 Å². The molecular formula is C14H25NO. The Morgan fingerprint density at radius 2 is 1.88 bits per heavy atom. The Bertz CT molecular complexity index is 223. The summed E-state index contributed by atoms with van der Waals surface area (Å²) in [4.78, 5) is 0. The zero-order valence-corrected chi connectivity index (χ0v) is 10.8. The predicted octanol–water partition coefficient (Wildman–Crippen LogP) is 3.91. The molecule has 0 heterocycles. The van der Waals surface area contributed by atoms with Gasteiger partial charge in [0.05, 0.1) is 11.5 Å². The van der Waals surface area contributed by atoms with Crippen molar-refractivity contribution < 1.29 is 4.74 Å². The Morgan fingerprint density at radius 1 is 1.19 bits per heavy atom. The minimum Gasteiger partial charge on any atom is -0.381 e. The SMILES string of the molecule is CC(C)CCOCCC1(C#N)CCCCC1. The minimum absolute atomic E-state index is 0.0594. The van der Waals surface area contributed by atoms with Crippen molar-refractivity contribution in [1.29, 1.82) is 5.26 Å². The molecule has 16 heavy (non-hydrogen) atoms. The second kappa shape index (κ2) is 6.91. The fourth-order valence-corrected chi connectivity index (χ4v) is 2.33. The van der Waals surface area contributed by atoms with Gasteiger partial charge in [0.25, 0.3) is 0 Å². The Hall–Kier alpha value is -0.550. The number of hydrogen-bond donors (Lipinski definition) is 0. The summed E-state index contributed by atoms with van der Waals surface area (Å²) in [6, 6.07) is 2.54. The second-order valence-corrected chi connectivity index (χ2v) is 5.50. The average molecular weight is 223 g/mol. The van der Waals surface area contributed by atoms with Crippen LogP contribution >= 0.6 is 0 Å². The molecule has 1 aliphatic carbocycles. The maximum absolute atomic E-state index is 9.28. The molecule has 2 nitrogen and oxygen atoms in total. The van der Waals surface area contributed by atoms with Gasteiger partial charge in [-0.05, 0) is 31.6 Å². The molecule has 1 saturated carbocycles. The number of ether oxygens (including phenoxy) is 1. The van der Waals surface area contributed by atoms with Crippen LogP contribution in [0.2, 0.25) is 0 Å². The average Bonchev–Trinajstić information content (AvgIpc) is 2.29. The van der Waals surface area contributed by atoms with Crippen LogP contribution in [-0.4, -0.2) is 13.2 Å². The summed E-state index contributed by atoms with van der Waals surface area (Å²) in [7, 11) is 0. The number of nitriles is 1. The van der Waals surface area contributed by atoms with Gasteiger partial charge in [-0.2, -0.15) is 5.26 Å². The normalized spacial score (nSPS) is 19.6. The molecule has 2 heteroatoms. The first-order valence-corrected chi connectivity index (χ1v) is 6.67. The molecule has 1 fully saturated rings. The molecule has 0 amide bonds. The zero-order valence-electron chi connectivity index (χ0n) is 10.8. The van der Waals surface area contributed by atoms with Crippen LogP contribution in [-0.2, 0) is 4.74 Å². The van der Waals surface area contributed by atoms with E-state index in [4.69, 9.17) is 4.74 Å². The highest BCUT2D eigenvalue weighted by Gasteiger charge is 2.31. The standard InChI is InChI=1S/C14H25NO/c1-13(2)6-10-16-11-9-14(12-15)7-4-3-5-8-14/h13H,3-11H2,1-2H3. The minimum atomic E-state index is -0.0594. The van der Waals surface area contributed by atoms with E-state index in [1.54, 1.807) is 0 Å². The maximum Gasteiger partial charge on any atom is 0.0690 e.